The number of rotatable bonds is 7. The summed E-state index contributed by atoms with van der Waals surface area (Å²) in [7, 11) is 0. The van der Waals surface area contributed by atoms with E-state index in [9.17, 15) is 4.79 Å². The van der Waals surface area contributed by atoms with Gasteiger partial charge in [-0.05, 0) is 46.1 Å². The number of hydrogen-bond acceptors (Lipinski definition) is 3. The molecule has 1 aromatic rings. The van der Waals surface area contributed by atoms with Gasteiger partial charge in [0.25, 0.3) is 5.91 Å². The monoisotopic (exact) mass is 319 g/mol. The summed E-state index contributed by atoms with van der Waals surface area (Å²) in [6.07, 6.45) is 2.86. The zero-order valence-electron chi connectivity index (χ0n) is 9.91. The smallest absolute Gasteiger partial charge is 0.262 e. The molecule has 5 heteroatoms. The van der Waals surface area contributed by atoms with Crippen LogP contribution in [0.15, 0.2) is 15.9 Å². The summed E-state index contributed by atoms with van der Waals surface area (Å²) in [5.74, 6) is 0.332. The van der Waals surface area contributed by atoms with Gasteiger partial charge in [-0.3, -0.25) is 4.79 Å². The van der Waals surface area contributed by atoms with Gasteiger partial charge in [0, 0.05) is 17.6 Å². The highest BCUT2D eigenvalue weighted by Crippen LogP contribution is 2.22. The van der Waals surface area contributed by atoms with Crippen molar-refractivity contribution in [1.29, 1.82) is 0 Å². The van der Waals surface area contributed by atoms with Crippen LogP contribution in [0.25, 0.3) is 0 Å². The fourth-order valence-corrected chi connectivity index (χ4v) is 3.18. The number of carbonyl (C=O) groups is 1. The Morgan fingerprint density at radius 2 is 2.35 bits per heavy atom. The molecule has 1 atom stereocenters. The van der Waals surface area contributed by atoms with Gasteiger partial charge in [-0.25, -0.2) is 0 Å². The summed E-state index contributed by atoms with van der Waals surface area (Å²) in [5.41, 5.74) is 0. The minimum absolute atomic E-state index is 0.0362. The third kappa shape index (κ3) is 4.77. The molecule has 0 aromatic carbocycles. The molecule has 0 aliphatic carbocycles. The molecule has 1 amide bonds. The molecule has 2 N–H and O–H groups in total. The normalized spacial score (nSPS) is 12.4. The van der Waals surface area contributed by atoms with E-state index in [0.29, 0.717) is 17.3 Å². The molecule has 0 saturated heterocycles. The van der Waals surface area contributed by atoms with E-state index >= 15 is 0 Å². The van der Waals surface area contributed by atoms with Gasteiger partial charge >= 0.3 is 0 Å². The molecule has 3 nitrogen and oxygen atoms in total. The summed E-state index contributed by atoms with van der Waals surface area (Å²) >= 11 is 4.77. The van der Waals surface area contributed by atoms with Crippen molar-refractivity contribution in [3.8, 4) is 0 Å². The zero-order valence-corrected chi connectivity index (χ0v) is 12.3. The van der Waals surface area contributed by atoms with Crippen molar-refractivity contribution in [2.24, 2.45) is 5.92 Å². The van der Waals surface area contributed by atoms with Crippen LogP contribution >= 0.6 is 27.3 Å². The maximum atomic E-state index is 11.8. The van der Waals surface area contributed by atoms with Crippen LogP contribution in [-0.4, -0.2) is 24.2 Å². The number of aliphatic hydroxyl groups excluding tert-OH is 1. The largest absolute Gasteiger partial charge is 0.396 e. The fraction of sp³-hybridized carbons (Fsp3) is 0.583. The van der Waals surface area contributed by atoms with E-state index in [-0.39, 0.29) is 12.5 Å². The average molecular weight is 320 g/mol. The summed E-state index contributed by atoms with van der Waals surface area (Å²) in [5, 5.41) is 13.7. The Bertz CT molecular complexity index is 348. The van der Waals surface area contributed by atoms with Gasteiger partial charge in [-0.2, -0.15) is 0 Å². The molecule has 0 radical (unpaired) electrons. The third-order valence-corrected chi connectivity index (χ3v) is 4.45. The molecule has 1 aromatic heterocycles. The molecule has 17 heavy (non-hydrogen) atoms. The summed E-state index contributed by atoms with van der Waals surface area (Å²) < 4.78 is 0.842. The van der Waals surface area contributed by atoms with E-state index in [1.54, 1.807) is 0 Å². The van der Waals surface area contributed by atoms with E-state index in [2.05, 4.69) is 28.2 Å². The van der Waals surface area contributed by atoms with Crippen LogP contribution in [0, 0.1) is 5.92 Å². The number of aliphatic hydroxyl groups is 1. The molecule has 0 saturated carbocycles. The lowest BCUT2D eigenvalue weighted by molar-refractivity contribution is 0.0946. The Kier molecular flexibility index (Phi) is 6.77. The average Bonchev–Trinajstić information content (AvgIpc) is 2.72. The van der Waals surface area contributed by atoms with Crippen molar-refractivity contribution in [1.82, 2.24) is 5.32 Å². The van der Waals surface area contributed by atoms with Gasteiger partial charge in [-0.1, -0.05) is 13.3 Å². The van der Waals surface area contributed by atoms with Crippen LogP contribution in [0.1, 0.15) is 35.9 Å². The van der Waals surface area contributed by atoms with Crippen LogP contribution in [0.3, 0.4) is 0 Å². The Hall–Kier alpha value is -0.390. The second-order valence-electron chi connectivity index (χ2n) is 3.97. The predicted molar refractivity (Wildman–Crippen MR) is 74.5 cm³/mol. The highest BCUT2D eigenvalue weighted by molar-refractivity contribution is 9.10. The highest BCUT2D eigenvalue weighted by atomic mass is 79.9. The third-order valence-electron chi connectivity index (χ3n) is 2.61. The van der Waals surface area contributed by atoms with Gasteiger partial charge in [0.2, 0.25) is 0 Å². The summed E-state index contributed by atoms with van der Waals surface area (Å²) in [6, 6.07) is 1.87. The van der Waals surface area contributed by atoms with Crippen molar-refractivity contribution in [2.75, 3.05) is 13.2 Å². The second kappa shape index (κ2) is 7.84. The van der Waals surface area contributed by atoms with E-state index in [0.717, 1.165) is 23.7 Å². The number of carbonyl (C=O) groups excluding carboxylic acids is 1. The van der Waals surface area contributed by atoms with E-state index in [1.165, 1.54) is 11.3 Å². The first-order chi connectivity index (χ1) is 8.19. The van der Waals surface area contributed by atoms with Crippen molar-refractivity contribution in [3.63, 3.8) is 0 Å². The standard InChI is InChI=1S/C12H18BrNO2S/c1-2-3-9(4-6-15)8-14-12(16)11-10(13)5-7-17-11/h5,7,9,15H,2-4,6,8H2,1H3,(H,14,16). The Morgan fingerprint density at radius 1 is 1.59 bits per heavy atom. The molecule has 0 aliphatic rings. The molecule has 0 bridgehead atoms. The van der Waals surface area contributed by atoms with Crippen LogP contribution in [-0.2, 0) is 0 Å². The molecular formula is C12H18BrNO2S. The van der Waals surface area contributed by atoms with E-state index in [4.69, 9.17) is 5.11 Å². The van der Waals surface area contributed by atoms with Gasteiger partial charge in [0.05, 0.1) is 0 Å². The summed E-state index contributed by atoms with van der Waals surface area (Å²) in [6.45, 7) is 2.93. The minimum Gasteiger partial charge on any atom is -0.396 e. The number of amides is 1. The number of thiophene rings is 1. The van der Waals surface area contributed by atoms with Crippen molar-refractivity contribution in [2.45, 2.75) is 26.2 Å². The molecule has 1 unspecified atom stereocenters. The first-order valence-corrected chi connectivity index (χ1v) is 7.48. The van der Waals surface area contributed by atoms with E-state index < -0.39 is 0 Å². The maximum Gasteiger partial charge on any atom is 0.262 e. The van der Waals surface area contributed by atoms with Gasteiger partial charge < -0.3 is 10.4 Å². The van der Waals surface area contributed by atoms with Crippen molar-refractivity contribution >= 4 is 33.2 Å². The SMILES string of the molecule is CCCC(CCO)CNC(=O)c1sccc1Br. The highest BCUT2D eigenvalue weighted by Gasteiger charge is 2.13. The summed E-state index contributed by atoms with van der Waals surface area (Å²) in [4.78, 5) is 12.6. The van der Waals surface area contributed by atoms with Crippen molar-refractivity contribution < 1.29 is 9.90 Å². The molecular weight excluding hydrogens is 302 g/mol. The lowest BCUT2D eigenvalue weighted by Crippen LogP contribution is -2.29. The molecule has 1 rings (SSSR count). The van der Waals surface area contributed by atoms with Crippen LogP contribution in [0.4, 0.5) is 0 Å². The maximum absolute atomic E-state index is 11.8. The van der Waals surface area contributed by atoms with Crippen LogP contribution in [0.5, 0.6) is 0 Å². The number of nitrogens with one attached hydrogen (secondary N) is 1. The van der Waals surface area contributed by atoms with Gasteiger partial charge in [0.15, 0.2) is 0 Å². The second-order valence-corrected chi connectivity index (χ2v) is 5.75. The first-order valence-electron chi connectivity index (χ1n) is 5.81. The Morgan fingerprint density at radius 3 is 2.88 bits per heavy atom. The molecule has 1 heterocycles. The number of hydrogen-bond donors (Lipinski definition) is 2. The van der Waals surface area contributed by atoms with Gasteiger partial charge in [-0.15, -0.1) is 11.3 Å². The van der Waals surface area contributed by atoms with E-state index in [1.807, 2.05) is 11.4 Å². The first kappa shape index (κ1) is 14.7. The Labute approximate surface area is 114 Å². The lowest BCUT2D eigenvalue weighted by Gasteiger charge is -2.15. The number of halogens is 1. The molecule has 0 spiro atoms. The van der Waals surface area contributed by atoms with Crippen LogP contribution < -0.4 is 5.32 Å². The molecule has 0 fully saturated rings. The van der Waals surface area contributed by atoms with Crippen LogP contribution in [0.2, 0.25) is 0 Å². The topological polar surface area (TPSA) is 49.3 Å². The van der Waals surface area contributed by atoms with Gasteiger partial charge in [0.1, 0.15) is 4.88 Å². The predicted octanol–water partition coefficient (Wildman–Crippen LogP) is 3.04. The lowest BCUT2D eigenvalue weighted by atomic mass is 10.0. The fourth-order valence-electron chi connectivity index (χ4n) is 1.71. The zero-order chi connectivity index (χ0) is 12.7. The molecule has 0 aliphatic heterocycles. The van der Waals surface area contributed by atoms with Crippen molar-refractivity contribution in [3.05, 3.63) is 20.8 Å². The minimum atomic E-state index is -0.0362. The Balaban J connectivity index is 2.43. The molecule has 96 valence electrons. The quantitative estimate of drug-likeness (QED) is 0.811.